The van der Waals surface area contributed by atoms with Gasteiger partial charge in [0.25, 0.3) is 0 Å². The molecule has 4 aromatic rings. The van der Waals surface area contributed by atoms with Crippen molar-refractivity contribution in [3.63, 3.8) is 0 Å². The number of hydrogen-bond donors (Lipinski definition) is 3. The number of rotatable bonds is 7. The maximum atomic E-state index is 13.0. The highest BCUT2D eigenvalue weighted by molar-refractivity contribution is 5.75. The van der Waals surface area contributed by atoms with Gasteiger partial charge in [-0.1, -0.05) is 49.4 Å². The van der Waals surface area contributed by atoms with Crippen LogP contribution in [0.2, 0.25) is 0 Å². The normalized spacial score (nSPS) is 16.7. The average molecular weight is 597 g/mol. The monoisotopic (exact) mass is 596 g/mol. The van der Waals surface area contributed by atoms with Gasteiger partial charge in [-0.3, -0.25) is 4.90 Å². The molecule has 0 bridgehead atoms. The van der Waals surface area contributed by atoms with Crippen LogP contribution in [0, 0.1) is 0 Å². The molecule has 0 unspecified atom stereocenters. The van der Waals surface area contributed by atoms with Crippen molar-refractivity contribution in [3.8, 4) is 33.6 Å². The summed E-state index contributed by atoms with van der Waals surface area (Å²) in [6.45, 7) is 10.1. The molecule has 1 saturated heterocycles. The number of amides is 1. The van der Waals surface area contributed by atoms with E-state index in [2.05, 4.69) is 64.7 Å². The second-order valence-corrected chi connectivity index (χ2v) is 13.0. The highest BCUT2D eigenvalue weighted by Gasteiger charge is 2.37. The number of H-pyrrole nitrogens is 1. The van der Waals surface area contributed by atoms with Crippen molar-refractivity contribution in [2.75, 3.05) is 13.1 Å². The topological polar surface area (TPSA) is 108 Å². The first kappa shape index (κ1) is 29.9. The summed E-state index contributed by atoms with van der Waals surface area (Å²) in [5, 5.41) is 14.8. The lowest BCUT2D eigenvalue weighted by Gasteiger charge is -2.28. The van der Waals surface area contributed by atoms with Gasteiger partial charge in [0, 0.05) is 12.1 Å². The number of carbonyl (C=O) groups is 1. The standard InChI is InChI=1S/C35H44N6O3/c1-5-18-36-22-31-37-21-28(38-31)24-14-12-23(13-15-24)25-16-17-27-26(20-25)9-6-7-10-29-32(27)39-33(41(29)43)30-11-8-19-40(30)34(42)44-35(2,3)4/h12-17,20-21,30,36,43H,5-11,18-19,22H2,1-4H3,(H,37,38)/t30-/m0/s1. The summed E-state index contributed by atoms with van der Waals surface area (Å²) in [7, 11) is 0. The van der Waals surface area contributed by atoms with Crippen molar-refractivity contribution in [1.82, 2.24) is 29.9 Å². The number of hydrogen-bond acceptors (Lipinski definition) is 6. The van der Waals surface area contributed by atoms with Crippen LogP contribution in [-0.4, -0.2) is 54.6 Å². The predicted molar refractivity (Wildman–Crippen MR) is 171 cm³/mol. The minimum absolute atomic E-state index is 0.317. The van der Waals surface area contributed by atoms with Crippen LogP contribution in [0.25, 0.3) is 33.6 Å². The third-order valence-corrected chi connectivity index (χ3v) is 8.50. The van der Waals surface area contributed by atoms with Gasteiger partial charge in [0.1, 0.15) is 11.4 Å². The van der Waals surface area contributed by atoms with Crippen LogP contribution in [0.4, 0.5) is 4.79 Å². The Bertz CT molecular complexity index is 1610. The molecule has 3 heterocycles. The second-order valence-electron chi connectivity index (χ2n) is 13.0. The molecule has 9 nitrogen and oxygen atoms in total. The fourth-order valence-corrected chi connectivity index (χ4v) is 6.34. The molecule has 2 aromatic heterocycles. The number of carbonyl (C=O) groups excluding carboxylic acids is 1. The summed E-state index contributed by atoms with van der Waals surface area (Å²) < 4.78 is 6.93. The lowest BCUT2D eigenvalue weighted by molar-refractivity contribution is 0.0199. The highest BCUT2D eigenvalue weighted by Crippen LogP contribution is 2.39. The van der Waals surface area contributed by atoms with Gasteiger partial charge in [0.05, 0.1) is 35.9 Å². The Morgan fingerprint density at radius 3 is 2.59 bits per heavy atom. The number of fused-ring (bicyclic) bond motifs is 3. The molecule has 6 rings (SSSR count). The molecule has 3 N–H and O–H groups in total. The predicted octanol–water partition coefficient (Wildman–Crippen LogP) is 7.29. The molecule has 1 aliphatic carbocycles. The number of likely N-dealkylation sites (tertiary alicyclic amines) is 1. The largest absolute Gasteiger partial charge is 0.444 e. The fourth-order valence-electron chi connectivity index (χ4n) is 6.34. The fraction of sp³-hybridized carbons (Fsp3) is 0.457. The Hall–Kier alpha value is -4.11. The Kier molecular flexibility index (Phi) is 8.49. The van der Waals surface area contributed by atoms with Crippen molar-refractivity contribution in [2.24, 2.45) is 0 Å². The van der Waals surface area contributed by atoms with Crippen molar-refractivity contribution in [1.29, 1.82) is 0 Å². The van der Waals surface area contributed by atoms with Crippen LogP contribution < -0.4 is 5.32 Å². The summed E-state index contributed by atoms with van der Waals surface area (Å²) in [6, 6.07) is 14.8. The molecule has 44 heavy (non-hydrogen) atoms. The van der Waals surface area contributed by atoms with E-state index in [4.69, 9.17) is 9.72 Å². The number of aromatic amines is 1. The zero-order valence-corrected chi connectivity index (χ0v) is 26.3. The number of nitrogens with one attached hydrogen (secondary N) is 2. The first-order chi connectivity index (χ1) is 21.2. The van der Waals surface area contributed by atoms with E-state index in [1.165, 1.54) is 10.3 Å². The molecular formula is C35H44N6O3. The molecule has 2 aliphatic rings. The molecule has 2 aromatic carbocycles. The molecule has 1 fully saturated rings. The van der Waals surface area contributed by atoms with Crippen molar-refractivity contribution < 1.29 is 14.7 Å². The molecule has 0 spiro atoms. The van der Waals surface area contributed by atoms with Crippen molar-refractivity contribution in [3.05, 3.63) is 71.6 Å². The molecule has 1 aliphatic heterocycles. The molecule has 232 valence electrons. The van der Waals surface area contributed by atoms with Crippen molar-refractivity contribution >= 4 is 6.09 Å². The molecule has 1 atom stereocenters. The molecule has 9 heteroatoms. The van der Waals surface area contributed by atoms with E-state index in [0.717, 1.165) is 103 Å². The summed E-state index contributed by atoms with van der Waals surface area (Å²) in [5.74, 6) is 1.46. The summed E-state index contributed by atoms with van der Waals surface area (Å²) in [5.41, 5.74) is 7.75. The smallest absolute Gasteiger partial charge is 0.410 e. The van der Waals surface area contributed by atoms with E-state index in [0.29, 0.717) is 12.4 Å². The molecule has 1 amide bonds. The second kappa shape index (κ2) is 12.5. The van der Waals surface area contributed by atoms with Gasteiger partial charge >= 0.3 is 6.09 Å². The van der Waals surface area contributed by atoms with E-state index in [9.17, 15) is 10.0 Å². The van der Waals surface area contributed by atoms with E-state index in [-0.39, 0.29) is 12.1 Å². The van der Waals surface area contributed by atoms with Gasteiger partial charge in [-0.25, -0.2) is 14.8 Å². The Balaban J connectivity index is 1.26. The zero-order chi connectivity index (χ0) is 30.8. The minimum Gasteiger partial charge on any atom is -0.444 e. The number of ether oxygens (including phenoxy) is 1. The number of imidazole rings is 2. The Labute approximate surface area is 259 Å². The number of nitrogens with zero attached hydrogens (tertiary/aromatic N) is 4. The third-order valence-electron chi connectivity index (χ3n) is 8.50. The maximum absolute atomic E-state index is 13.0. The number of aryl methyl sites for hydroxylation is 1. The molecular weight excluding hydrogens is 552 g/mol. The van der Waals surface area contributed by atoms with E-state index in [1.807, 2.05) is 27.0 Å². The van der Waals surface area contributed by atoms with Crippen LogP contribution in [0.3, 0.4) is 0 Å². The number of aromatic nitrogens is 4. The van der Waals surface area contributed by atoms with Crippen LogP contribution in [0.15, 0.2) is 48.7 Å². The Morgan fingerprint density at radius 1 is 1.07 bits per heavy atom. The minimum atomic E-state index is -0.584. The summed E-state index contributed by atoms with van der Waals surface area (Å²) in [6.07, 6.45) is 7.90. The van der Waals surface area contributed by atoms with Gasteiger partial charge in [0.2, 0.25) is 0 Å². The van der Waals surface area contributed by atoms with Crippen LogP contribution in [-0.2, 0) is 24.1 Å². The van der Waals surface area contributed by atoms with Crippen LogP contribution >= 0.6 is 0 Å². The lowest BCUT2D eigenvalue weighted by atomic mass is 9.90. The molecule has 0 radical (unpaired) electrons. The first-order valence-corrected chi connectivity index (χ1v) is 16.0. The quantitative estimate of drug-likeness (QED) is 0.153. The van der Waals surface area contributed by atoms with Gasteiger partial charge in [-0.15, -0.1) is 0 Å². The van der Waals surface area contributed by atoms with E-state index < -0.39 is 5.60 Å². The SMILES string of the molecule is CCCNCc1ncc(-c2ccc(-c3ccc4c(c3)CCCCc3c-4nc([C@@H]4CCCN4C(=O)OC(C)(C)C)n3O)cc2)[nH]1. The summed E-state index contributed by atoms with van der Waals surface area (Å²) >= 11 is 0. The van der Waals surface area contributed by atoms with Gasteiger partial charge in [-0.2, -0.15) is 4.73 Å². The van der Waals surface area contributed by atoms with E-state index >= 15 is 0 Å². The van der Waals surface area contributed by atoms with Crippen molar-refractivity contribution in [2.45, 2.75) is 90.8 Å². The third kappa shape index (κ3) is 6.24. The van der Waals surface area contributed by atoms with Crippen LogP contribution in [0.1, 0.15) is 88.7 Å². The average Bonchev–Trinajstić information content (AvgIpc) is 3.73. The lowest BCUT2D eigenvalue weighted by Crippen LogP contribution is -2.37. The van der Waals surface area contributed by atoms with E-state index in [1.54, 1.807) is 4.90 Å². The van der Waals surface area contributed by atoms with Gasteiger partial charge in [-0.05, 0) is 94.5 Å². The van der Waals surface area contributed by atoms with Gasteiger partial charge < -0.3 is 20.2 Å². The molecule has 0 saturated carbocycles. The summed E-state index contributed by atoms with van der Waals surface area (Å²) in [4.78, 5) is 27.7. The maximum Gasteiger partial charge on any atom is 0.410 e. The first-order valence-electron chi connectivity index (χ1n) is 16.0. The van der Waals surface area contributed by atoms with Crippen LogP contribution in [0.5, 0.6) is 0 Å². The zero-order valence-electron chi connectivity index (χ0n) is 26.3. The number of benzene rings is 2. The highest BCUT2D eigenvalue weighted by atomic mass is 16.6. The Morgan fingerprint density at radius 2 is 1.82 bits per heavy atom. The van der Waals surface area contributed by atoms with Gasteiger partial charge in [0.15, 0.2) is 5.82 Å².